The van der Waals surface area contributed by atoms with E-state index in [-0.39, 0.29) is 23.4 Å². The molecule has 3 rings (SSSR count). The highest BCUT2D eigenvalue weighted by Gasteiger charge is 2.65. The van der Waals surface area contributed by atoms with Crippen LogP contribution in [-0.4, -0.2) is 23.8 Å². The molecule has 0 aromatic rings. The van der Waals surface area contributed by atoms with Gasteiger partial charge in [-0.05, 0) is 30.6 Å². The minimum Gasteiger partial charge on any atom is -0.465 e. The number of cyclic esters (lactones) is 1. The molecule has 0 radical (unpaired) electrons. The molecular formula is C11H16O3. The van der Waals surface area contributed by atoms with Crippen molar-refractivity contribution in [2.75, 3.05) is 6.61 Å². The van der Waals surface area contributed by atoms with Gasteiger partial charge >= 0.3 is 5.97 Å². The summed E-state index contributed by atoms with van der Waals surface area (Å²) < 4.78 is 5.13. The maximum absolute atomic E-state index is 11.6. The standard InChI is InChI=1S/C11H16O3/c1-2-11-3-6(8(12)4-11)7-5-14-10(13)9(7)11/h6-9,12H,2-5H2,1H3. The second-order valence-corrected chi connectivity index (χ2v) is 5.13. The number of aliphatic hydroxyl groups is 1. The second kappa shape index (κ2) is 2.51. The average molecular weight is 196 g/mol. The molecule has 78 valence electrons. The Morgan fingerprint density at radius 3 is 3.00 bits per heavy atom. The topological polar surface area (TPSA) is 46.5 Å². The Kier molecular flexibility index (Phi) is 1.56. The van der Waals surface area contributed by atoms with Crippen molar-refractivity contribution in [1.82, 2.24) is 0 Å². The van der Waals surface area contributed by atoms with Crippen molar-refractivity contribution in [2.24, 2.45) is 23.2 Å². The number of rotatable bonds is 1. The van der Waals surface area contributed by atoms with Gasteiger partial charge in [-0.15, -0.1) is 0 Å². The van der Waals surface area contributed by atoms with E-state index in [0.717, 1.165) is 19.3 Å². The summed E-state index contributed by atoms with van der Waals surface area (Å²) in [5.74, 6) is 0.727. The predicted molar refractivity (Wildman–Crippen MR) is 49.4 cm³/mol. The molecule has 1 saturated heterocycles. The third kappa shape index (κ3) is 0.800. The van der Waals surface area contributed by atoms with E-state index in [9.17, 15) is 9.90 Å². The molecule has 2 bridgehead atoms. The Hall–Kier alpha value is -0.570. The summed E-state index contributed by atoms with van der Waals surface area (Å²) in [7, 11) is 0. The van der Waals surface area contributed by atoms with Gasteiger partial charge in [0.15, 0.2) is 0 Å². The van der Waals surface area contributed by atoms with Crippen molar-refractivity contribution in [2.45, 2.75) is 32.3 Å². The minimum absolute atomic E-state index is 0.00810. The van der Waals surface area contributed by atoms with Crippen LogP contribution < -0.4 is 0 Å². The third-order valence-electron chi connectivity index (χ3n) is 4.77. The number of ether oxygens (including phenoxy) is 1. The van der Waals surface area contributed by atoms with Crippen molar-refractivity contribution in [1.29, 1.82) is 0 Å². The van der Waals surface area contributed by atoms with Crippen LogP contribution in [0.15, 0.2) is 0 Å². The van der Waals surface area contributed by atoms with Crippen LogP contribution in [0.5, 0.6) is 0 Å². The number of hydrogen-bond acceptors (Lipinski definition) is 3. The first-order valence-electron chi connectivity index (χ1n) is 5.52. The Morgan fingerprint density at radius 1 is 1.50 bits per heavy atom. The highest BCUT2D eigenvalue weighted by molar-refractivity contribution is 5.77. The van der Waals surface area contributed by atoms with E-state index in [1.54, 1.807) is 0 Å². The lowest BCUT2D eigenvalue weighted by molar-refractivity contribution is -0.145. The lowest BCUT2D eigenvalue weighted by atomic mass is 9.69. The van der Waals surface area contributed by atoms with Crippen molar-refractivity contribution in [3.63, 3.8) is 0 Å². The molecular weight excluding hydrogens is 180 g/mol. The minimum atomic E-state index is -0.189. The van der Waals surface area contributed by atoms with Gasteiger partial charge in [-0.2, -0.15) is 0 Å². The van der Waals surface area contributed by atoms with E-state index >= 15 is 0 Å². The van der Waals surface area contributed by atoms with Crippen molar-refractivity contribution in [3.8, 4) is 0 Å². The largest absolute Gasteiger partial charge is 0.465 e. The van der Waals surface area contributed by atoms with Crippen LogP contribution in [0.1, 0.15) is 26.2 Å². The molecule has 0 spiro atoms. The molecule has 3 fully saturated rings. The molecule has 0 amide bonds. The summed E-state index contributed by atoms with van der Waals surface area (Å²) >= 11 is 0. The third-order valence-corrected chi connectivity index (χ3v) is 4.77. The summed E-state index contributed by atoms with van der Waals surface area (Å²) in [6.07, 6.45) is 2.65. The van der Waals surface area contributed by atoms with Gasteiger partial charge in [0, 0.05) is 5.92 Å². The molecule has 3 nitrogen and oxygen atoms in total. The molecule has 1 aliphatic heterocycles. The quantitative estimate of drug-likeness (QED) is 0.635. The normalized spacial score (nSPS) is 54.9. The number of carbonyl (C=O) groups is 1. The van der Waals surface area contributed by atoms with Crippen LogP contribution in [0.25, 0.3) is 0 Å². The Morgan fingerprint density at radius 2 is 2.29 bits per heavy atom. The van der Waals surface area contributed by atoms with E-state index in [4.69, 9.17) is 4.74 Å². The number of esters is 1. The van der Waals surface area contributed by atoms with Crippen LogP contribution >= 0.6 is 0 Å². The SMILES string of the molecule is CCC12CC(O)C(C1)C1COC(=O)C12. The van der Waals surface area contributed by atoms with Crippen molar-refractivity contribution >= 4 is 5.97 Å². The van der Waals surface area contributed by atoms with Gasteiger partial charge in [0.05, 0.1) is 18.6 Å². The van der Waals surface area contributed by atoms with Crippen molar-refractivity contribution in [3.05, 3.63) is 0 Å². The highest BCUT2D eigenvalue weighted by Crippen LogP contribution is 2.64. The van der Waals surface area contributed by atoms with Crippen LogP contribution in [0.3, 0.4) is 0 Å². The van der Waals surface area contributed by atoms with Gasteiger partial charge in [-0.1, -0.05) is 6.92 Å². The fourth-order valence-corrected chi connectivity index (χ4v) is 4.07. The van der Waals surface area contributed by atoms with E-state index in [1.165, 1.54) is 0 Å². The Labute approximate surface area is 83.4 Å². The fraction of sp³-hybridized carbons (Fsp3) is 0.909. The number of hydrogen-bond donors (Lipinski definition) is 1. The zero-order valence-electron chi connectivity index (χ0n) is 8.40. The average Bonchev–Trinajstić information content (AvgIpc) is 2.76. The molecule has 5 atom stereocenters. The monoisotopic (exact) mass is 196 g/mol. The zero-order chi connectivity index (χ0) is 9.92. The van der Waals surface area contributed by atoms with Crippen LogP contribution in [-0.2, 0) is 9.53 Å². The maximum atomic E-state index is 11.6. The highest BCUT2D eigenvalue weighted by atomic mass is 16.5. The summed E-state index contributed by atoms with van der Waals surface area (Å²) in [6.45, 7) is 2.68. The first kappa shape index (κ1) is 8.72. The summed E-state index contributed by atoms with van der Waals surface area (Å²) in [6, 6.07) is 0. The van der Waals surface area contributed by atoms with Gasteiger partial charge in [0.2, 0.25) is 0 Å². The Balaban J connectivity index is 2.01. The molecule has 14 heavy (non-hydrogen) atoms. The van der Waals surface area contributed by atoms with Crippen LogP contribution in [0, 0.1) is 23.2 Å². The van der Waals surface area contributed by atoms with E-state index in [1.807, 2.05) is 0 Å². The van der Waals surface area contributed by atoms with Crippen LogP contribution in [0.4, 0.5) is 0 Å². The predicted octanol–water partition coefficient (Wildman–Crippen LogP) is 0.956. The number of aliphatic hydroxyl groups excluding tert-OH is 1. The van der Waals surface area contributed by atoms with E-state index < -0.39 is 0 Å². The summed E-state index contributed by atoms with van der Waals surface area (Å²) in [5, 5.41) is 9.88. The number of carbonyl (C=O) groups excluding carboxylic acids is 1. The summed E-state index contributed by atoms with van der Waals surface area (Å²) in [5.41, 5.74) is 0.0718. The lowest BCUT2D eigenvalue weighted by Crippen LogP contribution is -2.37. The van der Waals surface area contributed by atoms with E-state index in [2.05, 4.69) is 6.92 Å². The molecule has 1 N–H and O–H groups in total. The molecule has 1 heterocycles. The van der Waals surface area contributed by atoms with E-state index in [0.29, 0.717) is 18.4 Å². The molecule has 3 aliphatic rings. The van der Waals surface area contributed by atoms with Gasteiger partial charge in [0.1, 0.15) is 0 Å². The Bertz CT molecular complexity index is 288. The van der Waals surface area contributed by atoms with Crippen molar-refractivity contribution < 1.29 is 14.6 Å². The van der Waals surface area contributed by atoms with Gasteiger partial charge < -0.3 is 9.84 Å². The van der Waals surface area contributed by atoms with Gasteiger partial charge in [-0.25, -0.2) is 0 Å². The molecule has 0 aromatic carbocycles. The van der Waals surface area contributed by atoms with Gasteiger partial charge in [-0.3, -0.25) is 4.79 Å². The molecule has 2 saturated carbocycles. The molecule has 0 aromatic heterocycles. The second-order valence-electron chi connectivity index (χ2n) is 5.13. The maximum Gasteiger partial charge on any atom is 0.309 e. The zero-order valence-corrected chi connectivity index (χ0v) is 8.40. The molecule has 2 aliphatic carbocycles. The first-order chi connectivity index (χ1) is 6.68. The molecule has 5 unspecified atom stereocenters. The number of fused-ring (bicyclic) bond motifs is 5. The lowest BCUT2D eigenvalue weighted by Gasteiger charge is -2.33. The molecule has 3 heteroatoms. The van der Waals surface area contributed by atoms with Gasteiger partial charge in [0.25, 0.3) is 0 Å². The summed E-state index contributed by atoms with van der Waals surface area (Å²) in [4.78, 5) is 11.6. The first-order valence-corrected chi connectivity index (χ1v) is 5.52. The van der Waals surface area contributed by atoms with Crippen LogP contribution in [0.2, 0.25) is 0 Å². The smallest absolute Gasteiger partial charge is 0.309 e. The fourth-order valence-electron chi connectivity index (χ4n) is 4.07.